The van der Waals surface area contributed by atoms with E-state index in [1.165, 1.54) is 28.8 Å². The average Bonchev–Trinajstić information content (AvgIpc) is 3.24. The Balaban J connectivity index is 1.45. The van der Waals surface area contributed by atoms with Crippen molar-refractivity contribution >= 4 is 40.6 Å². The summed E-state index contributed by atoms with van der Waals surface area (Å²) in [6.07, 6.45) is -1.62. The molecule has 204 valence electrons. The number of hydrogen-bond donors (Lipinski definition) is 3. The number of aromatic nitrogens is 4. The summed E-state index contributed by atoms with van der Waals surface area (Å²) >= 11 is 5.92. The van der Waals surface area contributed by atoms with Gasteiger partial charge in [-0.05, 0) is 60.9 Å². The van der Waals surface area contributed by atoms with Gasteiger partial charge in [0.05, 0.1) is 29.4 Å². The summed E-state index contributed by atoms with van der Waals surface area (Å²) in [7, 11) is 0. The Hall–Kier alpha value is -3.41. The lowest BCUT2D eigenvalue weighted by atomic mass is 9.81. The van der Waals surface area contributed by atoms with E-state index >= 15 is 0 Å². The molecule has 1 saturated carbocycles. The van der Waals surface area contributed by atoms with Gasteiger partial charge in [0.25, 0.3) is 5.78 Å². The molecule has 2 aromatic heterocycles. The molecule has 1 aliphatic carbocycles. The lowest BCUT2D eigenvalue weighted by molar-refractivity contribution is -0.151. The van der Waals surface area contributed by atoms with Crippen LogP contribution >= 0.6 is 11.6 Å². The number of aliphatic carboxylic acids is 1. The van der Waals surface area contributed by atoms with Crippen LogP contribution < -0.4 is 10.6 Å². The second-order valence-electron chi connectivity index (χ2n) is 9.78. The third kappa shape index (κ3) is 6.17. The van der Waals surface area contributed by atoms with E-state index in [9.17, 15) is 22.8 Å². The summed E-state index contributed by atoms with van der Waals surface area (Å²) < 4.78 is 43.3. The van der Waals surface area contributed by atoms with Crippen LogP contribution in [0.4, 0.5) is 24.5 Å². The quantitative estimate of drug-likeness (QED) is 0.347. The van der Waals surface area contributed by atoms with Gasteiger partial charge in [0.15, 0.2) is 0 Å². The van der Waals surface area contributed by atoms with Crippen molar-refractivity contribution in [3.63, 3.8) is 0 Å². The van der Waals surface area contributed by atoms with Crippen molar-refractivity contribution < 1.29 is 27.9 Å². The smallest absolute Gasteiger partial charge is 0.397 e. The van der Waals surface area contributed by atoms with Crippen molar-refractivity contribution in [1.82, 2.24) is 24.9 Å². The Morgan fingerprint density at radius 2 is 1.76 bits per heavy atom. The van der Waals surface area contributed by atoms with Crippen LogP contribution in [0.3, 0.4) is 0 Å². The third-order valence-electron chi connectivity index (χ3n) is 6.84. The average molecular weight is 553 g/mol. The van der Waals surface area contributed by atoms with Gasteiger partial charge in [0.1, 0.15) is 0 Å². The molecule has 3 N–H and O–H groups in total. The zero-order valence-electron chi connectivity index (χ0n) is 20.8. The Morgan fingerprint density at radius 3 is 2.34 bits per heavy atom. The van der Waals surface area contributed by atoms with Crippen molar-refractivity contribution in [2.75, 3.05) is 11.9 Å². The maximum absolute atomic E-state index is 13.9. The van der Waals surface area contributed by atoms with Gasteiger partial charge in [-0.1, -0.05) is 26.0 Å². The number of nitrogens with zero attached hydrogens (tertiary/aromatic N) is 4. The molecule has 0 unspecified atom stereocenters. The van der Waals surface area contributed by atoms with E-state index in [4.69, 9.17) is 16.7 Å². The Morgan fingerprint density at radius 1 is 1.13 bits per heavy atom. The molecule has 4 rings (SSSR count). The number of nitrogens with one attached hydrogen (secondary N) is 2. The molecule has 1 fully saturated rings. The number of halogens is 4. The first-order chi connectivity index (χ1) is 17.9. The Kier molecular flexibility index (Phi) is 8.10. The largest absolute Gasteiger partial charge is 0.481 e. The topological polar surface area (TPSA) is 122 Å². The number of anilines is 2. The van der Waals surface area contributed by atoms with Crippen LogP contribution in [-0.2, 0) is 9.59 Å². The zero-order valence-corrected chi connectivity index (χ0v) is 21.6. The molecule has 0 radical (unpaired) electrons. The summed E-state index contributed by atoms with van der Waals surface area (Å²) in [6.45, 7) is 3.32. The van der Waals surface area contributed by atoms with Gasteiger partial charge in [0.2, 0.25) is 11.2 Å². The Bertz CT molecular complexity index is 1300. The fraction of sp³-hybridized carbons (Fsp3) is 0.480. The SMILES string of the molecule is CC(C)c1c(Nc2ccc([C@@H](CNC(=O)C3CCC(C(=O)O)CC3)C(F)(F)F)cc2)cnc2nc(Cl)nn12. The minimum absolute atomic E-state index is 0.0115. The lowest BCUT2D eigenvalue weighted by Crippen LogP contribution is -2.39. The van der Waals surface area contributed by atoms with E-state index in [0.717, 1.165) is 5.69 Å². The van der Waals surface area contributed by atoms with Crippen molar-refractivity contribution in [2.24, 2.45) is 11.8 Å². The molecular formula is C25H28ClF3N6O3. The molecule has 1 amide bonds. The predicted molar refractivity (Wildman–Crippen MR) is 134 cm³/mol. The second kappa shape index (κ2) is 11.1. The molecule has 0 spiro atoms. The number of fused-ring (bicyclic) bond motifs is 1. The molecule has 9 nitrogen and oxygen atoms in total. The zero-order chi connectivity index (χ0) is 27.6. The number of carboxylic acids is 1. The van der Waals surface area contributed by atoms with Gasteiger partial charge in [-0.3, -0.25) is 9.59 Å². The molecule has 0 aliphatic heterocycles. The minimum Gasteiger partial charge on any atom is -0.481 e. The van der Waals surface area contributed by atoms with E-state index < -0.39 is 42.4 Å². The number of benzene rings is 1. The first kappa shape index (κ1) is 27.6. The summed E-state index contributed by atoms with van der Waals surface area (Å²) in [5.41, 5.74) is 1.92. The standard InChI is InChI=1S/C25H28ClF3N6O3/c1-13(2)20-19(12-31-24-33-23(26)34-35(20)24)32-17-9-7-14(8-10-17)18(25(27,28)29)11-30-21(36)15-3-5-16(6-4-15)22(37)38/h7-10,12-13,15-16,18,32H,3-6,11H2,1-2H3,(H,30,36)(H,37,38)/t15?,16?,18-/m1/s1. The fourth-order valence-electron chi connectivity index (χ4n) is 4.81. The fourth-order valence-corrected chi connectivity index (χ4v) is 4.96. The normalized spacial score (nSPS) is 18.9. The molecule has 1 aliphatic rings. The molecule has 0 saturated heterocycles. The number of carboxylic acid groups (broad SMARTS) is 1. The molecule has 0 bridgehead atoms. The van der Waals surface area contributed by atoms with E-state index in [2.05, 4.69) is 25.7 Å². The summed E-state index contributed by atoms with van der Waals surface area (Å²) in [5, 5.41) is 18.9. The summed E-state index contributed by atoms with van der Waals surface area (Å²) in [5.74, 6) is -3.90. The van der Waals surface area contributed by atoms with Crippen LogP contribution in [-0.4, -0.2) is 49.3 Å². The highest BCUT2D eigenvalue weighted by Gasteiger charge is 2.41. The molecule has 1 atom stereocenters. The second-order valence-corrected chi connectivity index (χ2v) is 10.1. The molecule has 2 heterocycles. The number of alkyl halides is 3. The van der Waals surface area contributed by atoms with Crippen molar-refractivity contribution in [3.8, 4) is 0 Å². The molecule has 3 aromatic rings. The van der Waals surface area contributed by atoms with Crippen LogP contribution in [0.5, 0.6) is 0 Å². The van der Waals surface area contributed by atoms with Crippen LogP contribution in [0.2, 0.25) is 5.28 Å². The van der Waals surface area contributed by atoms with Gasteiger partial charge in [-0.2, -0.15) is 22.7 Å². The summed E-state index contributed by atoms with van der Waals surface area (Å²) in [4.78, 5) is 31.9. The highest BCUT2D eigenvalue weighted by Crippen LogP contribution is 2.36. The first-order valence-corrected chi connectivity index (χ1v) is 12.7. The van der Waals surface area contributed by atoms with Crippen molar-refractivity contribution in [1.29, 1.82) is 0 Å². The van der Waals surface area contributed by atoms with Crippen LogP contribution in [0, 0.1) is 11.8 Å². The van der Waals surface area contributed by atoms with Gasteiger partial charge >= 0.3 is 12.1 Å². The Labute approximate surface area is 221 Å². The maximum Gasteiger partial charge on any atom is 0.397 e. The number of hydrogen-bond acceptors (Lipinski definition) is 6. The highest BCUT2D eigenvalue weighted by atomic mass is 35.5. The van der Waals surface area contributed by atoms with Crippen LogP contribution in [0.15, 0.2) is 30.5 Å². The number of carbonyl (C=O) groups excluding carboxylic acids is 1. The molecule has 38 heavy (non-hydrogen) atoms. The van der Waals surface area contributed by atoms with Gasteiger partial charge in [-0.15, -0.1) is 5.10 Å². The van der Waals surface area contributed by atoms with Gasteiger partial charge in [0, 0.05) is 18.2 Å². The van der Waals surface area contributed by atoms with Gasteiger partial charge < -0.3 is 15.7 Å². The maximum atomic E-state index is 13.9. The van der Waals surface area contributed by atoms with E-state index in [1.807, 2.05) is 13.8 Å². The molecule has 1 aromatic carbocycles. The number of rotatable bonds is 8. The number of carbonyl (C=O) groups is 2. The van der Waals surface area contributed by atoms with Gasteiger partial charge in [-0.25, -0.2) is 4.98 Å². The van der Waals surface area contributed by atoms with Crippen LogP contribution in [0.1, 0.15) is 62.6 Å². The highest BCUT2D eigenvalue weighted by molar-refractivity contribution is 6.28. The lowest BCUT2D eigenvalue weighted by Gasteiger charge is -2.27. The monoisotopic (exact) mass is 552 g/mol. The first-order valence-electron chi connectivity index (χ1n) is 12.3. The van der Waals surface area contributed by atoms with E-state index in [1.54, 1.807) is 6.20 Å². The number of amides is 1. The van der Waals surface area contributed by atoms with Crippen molar-refractivity contribution in [2.45, 2.75) is 57.5 Å². The van der Waals surface area contributed by atoms with Crippen LogP contribution in [0.25, 0.3) is 5.78 Å². The van der Waals surface area contributed by atoms with E-state index in [-0.39, 0.29) is 16.8 Å². The predicted octanol–water partition coefficient (Wildman–Crippen LogP) is 5.30. The summed E-state index contributed by atoms with van der Waals surface area (Å²) in [6, 6.07) is 5.81. The molecule has 13 heteroatoms. The van der Waals surface area contributed by atoms with E-state index in [0.29, 0.717) is 42.8 Å². The minimum atomic E-state index is -4.57. The van der Waals surface area contributed by atoms with Crippen molar-refractivity contribution in [3.05, 3.63) is 47.0 Å². The molecular weight excluding hydrogens is 525 g/mol. The third-order valence-corrected chi connectivity index (χ3v) is 7.00.